The second kappa shape index (κ2) is 6.34. The summed E-state index contributed by atoms with van der Waals surface area (Å²) < 4.78 is 5.09. The molecular formula is C12H14ClNO. The van der Waals surface area contributed by atoms with Crippen molar-refractivity contribution in [2.24, 2.45) is 5.73 Å². The van der Waals surface area contributed by atoms with Gasteiger partial charge in [0.15, 0.2) is 0 Å². The minimum atomic E-state index is 0.602. The van der Waals surface area contributed by atoms with Gasteiger partial charge in [0.05, 0.1) is 12.1 Å². The van der Waals surface area contributed by atoms with Crippen molar-refractivity contribution in [3.63, 3.8) is 0 Å². The van der Waals surface area contributed by atoms with E-state index in [4.69, 9.17) is 22.1 Å². The van der Waals surface area contributed by atoms with Crippen LogP contribution in [0.3, 0.4) is 0 Å². The zero-order valence-corrected chi connectivity index (χ0v) is 9.47. The molecule has 2 N–H and O–H groups in total. The molecule has 0 saturated carbocycles. The van der Waals surface area contributed by atoms with E-state index >= 15 is 0 Å². The van der Waals surface area contributed by atoms with Crippen LogP contribution in [0.4, 0.5) is 0 Å². The lowest BCUT2D eigenvalue weighted by Crippen LogP contribution is -1.96. The summed E-state index contributed by atoms with van der Waals surface area (Å²) in [4.78, 5) is 0. The second-order valence-corrected chi connectivity index (χ2v) is 3.45. The first-order valence-electron chi connectivity index (χ1n) is 4.80. The van der Waals surface area contributed by atoms with Crippen LogP contribution in [0.15, 0.2) is 18.2 Å². The minimum Gasteiger partial charge on any atom is -0.495 e. The van der Waals surface area contributed by atoms with Crippen LogP contribution < -0.4 is 10.5 Å². The van der Waals surface area contributed by atoms with Crippen LogP contribution in [-0.2, 0) is 0 Å². The molecular weight excluding hydrogens is 210 g/mol. The smallest absolute Gasteiger partial charge is 0.138 e. The molecule has 0 aliphatic carbocycles. The van der Waals surface area contributed by atoms with Gasteiger partial charge in [-0.1, -0.05) is 23.4 Å². The standard InChI is InChI=1S/C12H14ClNO/c1-15-12-9-10(6-7-11(12)13)5-3-2-4-8-14/h6-7,9H,2,4,8,14H2,1H3. The predicted molar refractivity (Wildman–Crippen MR) is 63.2 cm³/mol. The molecule has 80 valence electrons. The Kier molecular flexibility index (Phi) is 5.03. The summed E-state index contributed by atoms with van der Waals surface area (Å²) in [5.74, 6) is 6.74. The summed E-state index contributed by atoms with van der Waals surface area (Å²) in [5.41, 5.74) is 6.28. The van der Waals surface area contributed by atoms with Crippen LogP contribution in [0.5, 0.6) is 5.75 Å². The average Bonchev–Trinajstić information content (AvgIpc) is 2.26. The van der Waals surface area contributed by atoms with Gasteiger partial charge in [-0.3, -0.25) is 0 Å². The van der Waals surface area contributed by atoms with Gasteiger partial charge in [0.1, 0.15) is 5.75 Å². The van der Waals surface area contributed by atoms with Crippen LogP contribution in [0.2, 0.25) is 5.02 Å². The van der Waals surface area contributed by atoms with Crippen molar-refractivity contribution in [2.75, 3.05) is 13.7 Å². The average molecular weight is 224 g/mol. The normalized spacial score (nSPS) is 9.27. The van der Waals surface area contributed by atoms with Crippen LogP contribution >= 0.6 is 11.6 Å². The molecule has 1 aromatic carbocycles. The predicted octanol–water partition coefficient (Wildman–Crippen LogP) is 2.44. The first-order chi connectivity index (χ1) is 7.27. The van der Waals surface area contributed by atoms with Gasteiger partial charge in [-0.05, 0) is 31.2 Å². The summed E-state index contributed by atoms with van der Waals surface area (Å²) in [7, 11) is 1.59. The van der Waals surface area contributed by atoms with Gasteiger partial charge in [0.2, 0.25) is 0 Å². The number of hydrogen-bond donors (Lipinski definition) is 1. The van der Waals surface area contributed by atoms with Gasteiger partial charge < -0.3 is 10.5 Å². The molecule has 0 amide bonds. The largest absolute Gasteiger partial charge is 0.495 e. The van der Waals surface area contributed by atoms with Crippen molar-refractivity contribution < 1.29 is 4.74 Å². The molecule has 0 fully saturated rings. The first kappa shape index (κ1) is 11.9. The molecule has 0 unspecified atom stereocenters. The fourth-order valence-corrected chi connectivity index (χ4v) is 1.29. The molecule has 1 rings (SSSR count). The lowest BCUT2D eigenvalue weighted by atomic mass is 10.2. The maximum Gasteiger partial charge on any atom is 0.138 e. The fourth-order valence-electron chi connectivity index (χ4n) is 1.09. The van der Waals surface area contributed by atoms with Gasteiger partial charge in [-0.15, -0.1) is 0 Å². The van der Waals surface area contributed by atoms with E-state index in [1.54, 1.807) is 13.2 Å². The maximum atomic E-state index is 5.89. The molecule has 2 nitrogen and oxygen atoms in total. The highest BCUT2D eigenvalue weighted by Crippen LogP contribution is 2.24. The molecule has 0 bridgehead atoms. The molecule has 0 atom stereocenters. The number of unbranched alkanes of at least 4 members (excludes halogenated alkanes) is 1. The third-order valence-corrected chi connectivity index (χ3v) is 2.20. The van der Waals surface area contributed by atoms with E-state index in [2.05, 4.69) is 11.8 Å². The van der Waals surface area contributed by atoms with Crippen molar-refractivity contribution in [3.05, 3.63) is 28.8 Å². The summed E-state index contributed by atoms with van der Waals surface area (Å²) in [6.45, 7) is 0.679. The van der Waals surface area contributed by atoms with E-state index in [0.29, 0.717) is 17.3 Å². The van der Waals surface area contributed by atoms with E-state index in [9.17, 15) is 0 Å². The monoisotopic (exact) mass is 223 g/mol. The number of ether oxygens (including phenoxy) is 1. The van der Waals surface area contributed by atoms with E-state index < -0.39 is 0 Å². The molecule has 3 heteroatoms. The Hall–Kier alpha value is -1.17. The van der Waals surface area contributed by atoms with Crippen LogP contribution in [0.1, 0.15) is 18.4 Å². The van der Waals surface area contributed by atoms with Crippen molar-refractivity contribution >= 4 is 11.6 Å². The fraction of sp³-hybridized carbons (Fsp3) is 0.333. The van der Waals surface area contributed by atoms with E-state index in [1.807, 2.05) is 12.1 Å². The Morgan fingerprint density at radius 1 is 1.47 bits per heavy atom. The Morgan fingerprint density at radius 3 is 2.93 bits per heavy atom. The Morgan fingerprint density at radius 2 is 2.27 bits per heavy atom. The van der Waals surface area contributed by atoms with Crippen molar-refractivity contribution in [1.29, 1.82) is 0 Å². The molecule has 0 radical (unpaired) electrons. The molecule has 0 heterocycles. The van der Waals surface area contributed by atoms with Crippen LogP contribution in [0, 0.1) is 11.8 Å². The number of rotatable bonds is 3. The zero-order chi connectivity index (χ0) is 11.1. The Balaban J connectivity index is 2.72. The highest BCUT2D eigenvalue weighted by atomic mass is 35.5. The molecule has 0 aliphatic heterocycles. The van der Waals surface area contributed by atoms with Gasteiger partial charge in [0, 0.05) is 12.0 Å². The zero-order valence-electron chi connectivity index (χ0n) is 8.72. The Labute approximate surface area is 95.4 Å². The SMILES string of the molecule is COc1cc(C#CCCCN)ccc1Cl. The van der Waals surface area contributed by atoms with Gasteiger partial charge in [0.25, 0.3) is 0 Å². The van der Waals surface area contributed by atoms with Crippen molar-refractivity contribution in [2.45, 2.75) is 12.8 Å². The lowest BCUT2D eigenvalue weighted by Gasteiger charge is -2.01. The van der Waals surface area contributed by atoms with Crippen molar-refractivity contribution in [3.8, 4) is 17.6 Å². The topological polar surface area (TPSA) is 35.2 Å². The minimum absolute atomic E-state index is 0.602. The summed E-state index contributed by atoms with van der Waals surface area (Å²) in [5, 5.41) is 0.602. The highest BCUT2D eigenvalue weighted by molar-refractivity contribution is 6.32. The van der Waals surface area contributed by atoms with E-state index in [1.165, 1.54) is 0 Å². The van der Waals surface area contributed by atoms with Gasteiger partial charge in [-0.2, -0.15) is 0 Å². The maximum absolute atomic E-state index is 5.89. The molecule has 0 aliphatic rings. The first-order valence-corrected chi connectivity index (χ1v) is 5.18. The molecule has 0 spiro atoms. The number of halogens is 1. The highest BCUT2D eigenvalue weighted by Gasteiger charge is 1.99. The van der Waals surface area contributed by atoms with Crippen molar-refractivity contribution in [1.82, 2.24) is 0 Å². The number of methoxy groups -OCH3 is 1. The quantitative estimate of drug-likeness (QED) is 0.631. The number of hydrogen-bond acceptors (Lipinski definition) is 2. The Bertz CT molecular complexity index is 379. The number of nitrogens with two attached hydrogens (primary N) is 1. The van der Waals surface area contributed by atoms with Gasteiger partial charge >= 0.3 is 0 Å². The lowest BCUT2D eigenvalue weighted by molar-refractivity contribution is 0.415. The number of benzene rings is 1. The van der Waals surface area contributed by atoms with Gasteiger partial charge in [-0.25, -0.2) is 0 Å². The summed E-state index contributed by atoms with van der Waals surface area (Å²) >= 11 is 5.89. The third kappa shape index (κ3) is 3.83. The second-order valence-electron chi connectivity index (χ2n) is 3.04. The van der Waals surface area contributed by atoms with Crippen LogP contribution in [0.25, 0.3) is 0 Å². The van der Waals surface area contributed by atoms with Crippen LogP contribution in [-0.4, -0.2) is 13.7 Å². The molecule has 0 aromatic heterocycles. The van der Waals surface area contributed by atoms with E-state index in [-0.39, 0.29) is 0 Å². The summed E-state index contributed by atoms with van der Waals surface area (Å²) in [6, 6.07) is 5.49. The molecule has 0 saturated heterocycles. The summed E-state index contributed by atoms with van der Waals surface area (Å²) in [6.07, 6.45) is 1.75. The molecule has 15 heavy (non-hydrogen) atoms. The third-order valence-electron chi connectivity index (χ3n) is 1.89. The molecule has 1 aromatic rings. The van der Waals surface area contributed by atoms with E-state index in [0.717, 1.165) is 18.4 Å².